The van der Waals surface area contributed by atoms with Gasteiger partial charge in [0.05, 0.1) is 5.56 Å². The van der Waals surface area contributed by atoms with Crippen LogP contribution < -0.4 is 5.73 Å². The Balaban J connectivity index is 0.000000351. The van der Waals surface area contributed by atoms with Crippen molar-refractivity contribution in [2.24, 2.45) is 5.73 Å². The van der Waals surface area contributed by atoms with Crippen LogP contribution in [-0.2, 0) is 4.79 Å². The molecular formula is C13H15F3N4O4. The van der Waals surface area contributed by atoms with Crippen molar-refractivity contribution in [2.75, 3.05) is 0 Å². The number of aliphatic hydroxyl groups excluding tert-OH is 1. The molecule has 0 fully saturated rings. The molecule has 0 radical (unpaired) electrons. The molecule has 8 nitrogen and oxygen atoms in total. The molecule has 2 aromatic rings. The molecule has 0 spiro atoms. The lowest BCUT2D eigenvalue weighted by atomic mass is 10.1. The van der Waals surface area contributed by atoms with Crippen molar-refractivity contribution in [3.05, 3.63) is 30.4 Å². The first kappa shape index (κ1) is 19.5. The summed E-state index contributed by atoms with van der Waals surface area (Å²) in [5.41, 5.74) is 6.42. The number of aliphatic hydroxyl groups is 1. The Labute approximate surface area is 134 Å². The van der Waals surface area contributed by atoms with E-state index in [9.17, 15) is 18.3 Å². The van der Waals surface area contributed by atoms with Crippen LogP contribution >= 0.6 is 0 Å². The lowest BCUT2D eigenvalue weighted by Crippen LogP contribution is -2.27. The maximum absolute atomic E-state index is 10.6. The second-order valence-corrected chi connectivity index (χ2v) is 4.51. The van der Waals surface area contributed by atoms with Crippen LogP contribution in [0.2, 0.25) is 0 Å². The van der Waals surface area contributed by atoms with Crippen LogP contribution in [0.4, 0.5) is 13.2 Å². The van der Waals surface area contributed by atoms with Crippen molar-refractivity contribution in [2.45, 2.75) is 31.7 Å². The summed E-state index contributed by atoms with van der Waals surface area (Å²) in [5.74, 6) is -2.29. The van der Waals surface area contributed by atoms with Crippen molar-refractivity contribution < 1.29 is 32.6 Å². The molecule has 132 valence electrons. The van der Waals surface area contributed by atoms with Gasteiger partial charge in [0.1, 0.15) is 6.10 Å². The molecule has 2 unspecified atom stereocenters. The number of carboxylic acids is 1. The first-order valence-corrected chi connectivity index (χ1v) is 6.64. The number of halogens is 3. The van der Waals surface area contributed by atoms with E-state index >= 15 is 0 Å². The predicted octanol–water partition coefficient (Wildman–Crippen LogP) is 1.54. The fourth-order valence-corrected chi connectivity index (χ4v) is 1.37. The lowest BCUT2D eigenvalue weighted by molar-refractivity contribution is -0.192. The van der Waals surface area contributed by atoms with Gasteiger partial charge in [-0.2, -0.15) is 13.2 Å². The number of alkyl halides is 3. The van der Waals surface area contributed by atoms with Crippen molar-refractivity contribution in [3.63, 3.8) is 0 Å². The molecule has 11 heteroatoms. The van der Waals surface area contributed by atoms with Gasteiger partial charge in [0.15, 0.2) is 0 Å². The van der Waals surface area contributed by atoms with Gasteiger partial charge in [-0.1, -0.05) is 6.92 Å². The average Bonchev–Trinajstić information content (AvgIpc) is 3.04. The minimum Gasteiger partial charge on any atom is -0.475 e. The molecule has 0 aliphatic heterocycles. The summed E-state index contributed by atoms with van der Waals surface area (Å²) in [7, 11) is 0. The predicted molar refractivity (Wildman–Crippen MR) is 74.4 cm³/mol. The molecular weight excluding hydrogens is 333 g/mol. The fraction of sp³-hybridized carbons (Fsp3) is 0.385. The van der Waals surface area contributed by atoms with Gasteiger partial charge < -0.3 is 20.4 Å². The highest BCUT2D eigenvalue weighted by molar-refractivity contribution is 5.73. The summed E-state index contributed by atoms with van der Waals surface area (Å²) in [6, 6.07) is 3.17. The summed E-state index contributed by atoms with van der Waals surface area (Å²) < 4.78 is 37.1. The molecule has 0 saturated heterocycles. The van der Waals surface area contributed by atoms with Gasteiger partial charge >= 0.3 is 12.1 Å². The fourth-order valence-electron chi connectivity index (χ4n) is 1.37. The third-order valence-electron chi connectivity index (χ3n) is 2.72. The van der Waals surface area contributed by atoms with Gasteiger partial charge in [0.25, 0.3) is 0 Å². The third kappa shape index (κ3) is 5.59. The minimum absolute atomic E-state index is 0.137. The molecule has 0 aliphatic carbocycles. The van der Waals surface area contributed by atoms with Crippen LogP contribution in [0, 0.1) is 0 Å². The maximum Gasteiger partial charge on any atom is 0.490 e. The summed E-state index contributed by atoms with van der Waals surface area (Å²) >= 11 is 0. The Kier molecular flexibility index (Phi) is 6.80. The van der Waals surface area contributed by atoms with Crippen LogP contribution in [-0.4, -0.2) is 43.6 Å². The number of pyridine rings is 1. The molecule has 2 heterocycles. The van der Waals surface area contributed by atoms with Gasteiger partial charge in [-0.05, 0) is 18.6 Å². The van der Waals surface area contributed by atoms with Gasteiger partial charge in [0.2, 0.25) is 11.8 Å². The largest absolute Gasteiger partial charge is 0.490 e. The summed E-state index contributed by atoms with van der Waals surface area (Å²) in [6.07, 6.45) is -2.12. The van der Waals surface area contributed by atoms with Crippen LogP contribution in [0.5, 0.6) is 0 Å². The van der Waals surface area contributed by atoms with E-state index in [0.717, 1.165) is 0 Å². The molecule has 4 N–H and O–H groups in total. The van der Waals surface area contributed by atoms with E-state index in [0.29, 0.717) is 17.9 Å². The monoisotopic (exact) mass is 348 g/mol. The van der Waals surface area contributed by atoms with Gasteiger partial charge in [-0.3, -0.25) is 4.98 Å². The van der Waals surface area contributed by atoms with Crippen LogP contribution in [0.15, 0.2) is 28.9 Å². The summed E-state index contributed by atoms with van der Waals surface area (Å²) in [5, 5.41) is 24.6. The van der Waals surface area contributed by atoms with Crippen molar-refractivity contribution >= 4 is 5.97 Å². The van der Waals surface area contributed by atoms with Gasteiger partial charge in [0, 0.05) is 18.4 Å². The molecule has 0 bridgehead atoms. The van der Waals surface area contributed by atoms with E-state index in [1.54, 1.807) is 24.5 Å². The number of aliphatic carboxylic acids is 1. The minimum atomic E-state index is -5.08. The first-order chi connectivity index (χ1) is 11.2. The highest BCUT2D eigenvalue weighted by Crippen LogP contribution is 2.21. The van der Waals surface area contributed by atoms with Crippen molar-refractivity contribution in [1.29, 1.82) is 0 Å². The van der Waals surface area contributed by atoms with Gasteiger partial charge in [-0.15, -0.1) is 10.2 Å². The van der Waals surface area contributed by atoms with Crippen molar-refractivity contribution in [1.82, 2.24) is 15.2 Å². The third-order valence-corrected chi connectivity index (χ3v) is 2.72. The number of carboxylic acid groups (broad SMARTS) is 1. The maximum atomic E-state index is 10.6. The van der Waals surface area contributed by atoms with Crippen LogP contribution in [0.1, 0.15) is 25.3 Å². The van der Waals surface area contributed by atoms with E-state index in [1.807, 2.05) is 6.92 Å². The van der Waals surface area contributed by atoms with Gasteiger partial charge in [-0.25, -0.2) is 4.79 Å². The van der Waals surface area contributed by atoms with E-state index in [-0.39, 0.29) is 5.89 Å². The average molecular weight is 348 g/mol. The lowest BCUT2D eigenvalue weighted by Gasteiger charge is -2.12. The van der Waals surface area contributed by atoms with E-state index in [2.05, 4.69) is 15.2 Å². The second kappa shape index (κ2) is 8.36. The zero-order valence-electron chi connectivity index (χ0n) is 12.4. The Morgan fingerprint density at radius 2 is 2.04 bits per heavy atom. The normalized spacial score (nSPS) is 13.6. The highest BCUT2D eigenvalue weighted by Gasteiger charge is 2.38. The first-order valence-electron chi connectivity index (χ1n) is 6.64. The SMILES string of the molecule is CCC(N)C(O)c1nnc(-c2cccnc2)o1.O=C(O)C(F)(F)F. The summed E-state index contributed by atoms with van der Waals surface area (Å²) in [4.78, 5) is 12.8. The number of nitrogens with two attached hydrogens (primary N) is 1. The van der Waals surface area contributed by atoms with Crippen LogP contribution in [0.3, 0.4) is 0 Å². The molecule has 0 aliphatic rings. The highest BCUT2D eigenvalue weighted by atomic mass is 19.4. The number of rotatable bonds is 4. The standard InChI is InChI=1S/C11H14N4O2.C2HF3O2/c1-2-8(12)9(16)11-15-14-10(17-11)7-4-3-5-13-6-7;3-2(4,5)1(6)7/h3-6,8-9,16H,2,12H2,1H3;(H,6,7). The topological polar surface area (TPSA) is 135 Å². The summed E-state index contributed by atoms with van der Waals surface area (Å²) in [6.45, 7) is 1.88. The number of aromatic nitrogens is 3. The molecule has 2 rings (SSSR count). The Bertz CT molecular complexity index is 648. The molecule has 0 saturated carbocycles. The number of hydrogen-bond acceptors (Lipinski definition) is 7. The van der Waals surface area contributed by atoms with E-state index < -0.39 is 24.3 Å². The van der Waals surface area contributed by atoms with E-state index in [1.165, 1.54) is 0 Å². The number of carbonyl (C=O) groups is 1. The Hall–Kier alpha value is -2.53. The van der Waals surface area contributed by atoms with Crippen molar-refractivity contribution in [3.8, 4) is 11.5 Å². The molecule has 0 aromatic carbocycles. The quantitative estimate of drug-likeness (QED) is 0.757. The smallest absolute Gasteiger partial charge is 0.475 e. The molecule has 2 atom stereocenters. The zero-order chi connectivity index (χ0) is 18.3. The Morgan fingerprint density at radius 1 is 1.42 bits per heavy atom. The Morgan fingerprint density at radius 3 is 2.50 bits per heavy atom. The molecule has 0 amide bonds. The molecule has 2 aromatic heterocycles. The second-order valence-electron chi connectivity index (χ2n) is 4.51. The van der Waals surface area contributed by atoms with E-state index in [4.69, 9.17) is 20.1 Å². The zero-order valence-corrected chi connectivity index (χ0v) is 12.4. The molecule has 24 heavy (non-hydrogen) atoms. The van der Waals surface area contributed by atoms with Crippen LogP contribution in [0.25, 0.3) is 11.5 Å². The number of nitrogens with zero attached hydrogens (tertiary/aromatic N) is 3. The number of hydrogen-bond donors (Lipinski definition) is 3.